The molecule has 3 nitrogen and oxygen atoms in total. The summed E-state index contributed by atoms with van der Waals surface area (Å²) in [6.45, 7) is 0. The molecule has 2 aromatic carbocycles. The van der Waals surface area contributed by atoms with Crippen molar-refractivity contribution in [1.29, 1.82) is 0 Å². The molecule has 3 rings (SSSR count). The fourth-order valence-corrected chi connectivity index (χ4v) is 2.84. The van der Waals surface area contributed by atoms with Crippen LogP contribution in [0.15, 0.2) is 64.2 Å². The molecule has 3 aromatic rings. The van der Waals surface area contributed by atoms with Crippen molar-refractivity contribution in [2.24, 2.45) is 0 Å². The molecule has 0 saturated heterocycles. The third kappa shape index (κ3) is 3.03. The van der Waals surface area contributed by atoms with Gasteiger partial charge in [-0.1, -0.05) is 54.2 Å². The number of hydrogen-bond acceptors (Lipinski definition) is 4. The van der Waals surface area contributed by atoms with Gasteiger partial charge < -0.3 is 9.52 Å². The largest absolute Gasteiger partial charge is 0.431 e. The first-order valence-corrected chi connectivity index (χ1v) is 7.53. The van der Waals surface area contributed by atoms with Crippen LogP contribution in [0.5, 0.6) is 0 Å². The minimum absolute atomic E-state index is 0.437. The highest BCUT2D eigenvalue weighted by molar-refractivity contribution is 7.99. The standard InChI is InChI=1S/C16H15NO2S/c18-14(12-6-2-1-3-7-12)10-11-20-16-17-13-8-4-5-9-15(13)19-16/h1-9,14,18H,10-11H2/t14-/m1/s1. The summed E-state index contributed by atoms with van der Waals surface area (Å²) >= 11 is 1.53. The van der Waals surface area contributed by atoms with Crippen molar-refractivity contribution in [1.82, 2.24) is 4.98 Å². The second kappa shape index (κ2) is 6.11. The van der Waals surface area contributed by atoms with Crippen LogP contribution in [-0.4, -0.2) is 15.8 Å². The average Bonchev–Trinajstić information content (AvgIpc) is 2.90. The van der Waals surface area contributed by atoms with E-state index in [4.69, 9.17) is 4.42 Å². The molecule has 1 heterocycles. The number of para-hydroxylation sites is 2. The van der Waals surface area contributed by atoms with E-state index in [1.807, 2.05) is 54.6 Å². The Kier molecular flexibility index (Phi) is 4.04. The molecule has 1 aromatic heterocycles. The Morgan fingerprint density at radius 2 is 1.80 bits per heavy atom. The van der Waals surface area contributed by atoms with Gasteiger partial charge in [-0.25, -0.2) is 4.98 Å². The number of aromatic nitrogens is 1. The van der Waals surface area contributed by atoms with Gasteiger partial charge in [0.15, 0.2) is 5.58 Å². The summed E-state index contributed by atoms with van der Waals surface area (Å²) in [4.78, 5) is 4.40. The molecule has 0 saturated carbocycles. The molecular formula is C16H15NO2S. The number of hydrogen-bond donors (Lipinski definition) is 1. The number of fused-ring (bicyclic) bond motifs is 1. The molecule has 0 unspecified atom stereocenters. The topological polar surface area (TPSA) is 46.3 Å². The third-order valence-electron chi connectivity index (χ3n) is 3.08. The van der Waals surface area contributed by atoms with Crippen LogP contribution in [-0.2, 0) is 0 Å². The summed E-state index contributed by atoms with van der Waals surface area (Å²) in [5, 5.41) is 10.7. The van der Waals surface area contributed by atoms with Crippen LogP contribution in [0.2, 0.25) is 0 Å². The van der Waals surface area contributed by atoms with Gasteiger partial charge in [0.05, 0.1) is 6.10 Å². The minimum Gasteiger partial charge on any atom is -0.431 e. The van der Waals surface area contributed by atoms with Crippen LogP contribution in [0.25, 0.3) is 11.1 Å². The highest BCUT2D eigenvalue weighted by atomic mass is 32.2. The minimum atomic E-state index is -0.437. The van der Waals surface area contributed by atoms with Crippen molar-refractivity contribution in [2.75, 3.05) is 5.75 Å². The lowest BCUT2D eigenvalue weighted by atomic mass is 10.1. The van der Waals surface area contributed by atoms with Crippen molar-refractivity contribution >= 4 is 22.9 Å². The Hall–Kier alpha value is -1.78. The van der Waals surface area contributed by atoms with E-state index in [1.54, 1.807) is 0 Å². The zero-order valence-electron chi connectivity index (χ0n) is 10.9. The normalized spacial score (nSPS) is 12.7. The Morgan fingerprint density at radius 3 is 2.60 bits per heavy atom. The van der Waals surface area contributed by atoms with Gasteiger partial charge >= 0.3 is 0 Å². The second-order valence-electron chi connectivity index (χ2n) is 4.51. The number of rotatable bonds is 5. The Morgan fingerprint density at radius 1 is 1.05 bits per heavy atom. The predicted octanol–water partition coefficient (Wildman–Crippen LogP) is 4.04. The van der Waals surface area contributed by atoms with Crippen molar-refractivity contribution in [3.05, 3.63) is 60.2 Å². The van der Waals surface area contributed by atoms with E-state index in [1.165, 1.54) is 11.8 Å². The van der Waals surface area contributed by atoms with E-state index in [0.29, 0.717) is 11.6 Å². The van der Waals surface area contributed by atoms with Gasteiger partial charge in [0, 0.05) is 5.75 Å². The number of aliphatic hydroxyl groups is 1. The summed E-state index contributed by atoms with van der Waals surface area (Å²) in [6, 6.07) is 17.4. The number of nitrogens with zero attached hydrogens (tertiary/aromatic N) is 1. The van der Waals surface area contributed by atoms with Gasteiger partial charge in [-0.2, -0.15) is 0 Å². The number of thioether (sulfide) groups is 1. The predicted molar refractivity (Wildman–Crippen MR) is 80.8 cm³/mol. The molecule has 1 atom stereocenters. The maximum atomic E-state index is 10.1. The summed E-state index contributed by atoms with van der Waals surface area (Å²) in [5.74, 6) is 0.767. The highest BCUT2D eigenvalue weighted by Crippen LogP contribution is 2.26. The molecule has 0 fully saturated rings. The van der Waals surface area contributed by atoms with Gasteiger partial charge in [0.25, 0.3) is 5.22 Å². The summed E-state index contributed by atoms with van der Waals surface area (Å²) in [6.07, 6.45) is 0.237. The van der Waals surface area contributed by atoms with Crippen molar-refractivity contribution in [2.45, 2.75) is 17.7 Å². The SMILES string of the molecule is O[C@H](CCSc1nc2ccccc2o1)c1ccccc1. The first kappa shape index (κ1) is 13.2. The van der Waals surface area contributed by atoms with Crippen LogP contribution < -0.4 is 0 Å². The molecule has 0 amide bonds. The van der Waals surface area contributed by atoms with E-state index >= 15 is 0 Å². The van der Waals surface area contributed by atoms with Crippen molar-refractivity contribution in [3.8, 4) is 0 Å². The first-order chi connectivity index (χ1) is 9.83. The van der Waals surface area contributed by atoms with E-state index in [0.717, 1.165) is 22.4 Å². The lowest BCUT2D eigenvalue weighted by molar-refractivity contribution is 0.175. The fourth-order valence-electron chi connectivity index (χ4n) is 2.01. The quantitative estimate of drug-likeness (QED) is 0.719. The number of benzene rings is 2. The summed E-state index contributed by atoms with van der Waals surface area (Å²) in [7, 11) is 0. The third-order valence-corrected chi connectivity index (χ3v) is 3.94. The molecule has 0 bridgehead atoms. The second-order valence-corrected chi connectivity index (χ2v) is 5.56. The maximum absolute atomic E-state index is 10.1. The zero-order valence-corrected chi connectivity index (χ0v) is 11.7. The van der Waals surface area contributed by atoms with Crippen LogP contribution in [0, 0.1) is 0 Å². The van der Waals surface area contributed by atoms with Crippen LogP contribution in [0.1, 0.15) is 18.1 Å². The lowest BCUT2D eigenvalue weighted by Gasteiger charge is -2.09. The maximum Gasteiger partial charge on any atom is 0.256 e. The Bertz CT molecular complexity index is 648. The highest BCUT2D eigenvalue weighted by Gasteiger charge is 2.09. The molecule has 1 N–H and O–H groups in total. The zero-order chi connectivity index (χ0) is 13.8. The van der Waals surface area contributed by atoms with Crippen LogP contribution in [0.3, 0.4) is 0 Å². The molecule has 102 valence electrons. The molecule has 0 radical (unpaired) electrons. The molecule has 4 heteroatoms. The molecule has 0 aliphatic carbocycles. The summed E-state index contributed by atoms with van der Waals surface area (Å²) < 4.78 is 5.63. The van der Waals surface area contributed by atoms with Gasteiger partial charge in [0.1, 0.15) is 5.52 Å². The van der Waals surface area contributed by atoms with E-state index < -0.39 is 6.10 Å². The number of aliphatic hydroxyl groups excluding tert-OH is 1. The monoisotopic (exact) mass is 285 g/mol. The molecule has 0 aliphatic heterocycles. The van der Waals surface area contributed by atoms with Gasteiger partial charge in [-0.3, -0.25) is 0 Å². The van der Waals surface area contributed by atoms with Crippen LogP contribution in [0.4, 0.5) is 0 Å². The Labute approximate surface area is 121 Å². The van der Waals surface area contributed by atoms with Crippen molar-refractivity contribution < 1.29 is 9.52 Å². The van der Waals surface area contributed by atoms with Gasteiger partial charge in [-0.15, -0.1) is 0 Å². The summed E-state index contributed by atoms with van der Waals surface area (Å²) in [5.41, 5.74) is 2.63. The Balaban J connectivity index is 1.57. The average molecular weight is 285 g/mol. The molecule has 0 aliphatic rings. The molecule has 0 spiro atoms. The van der Waals surface area contributed by atoms with Gasteiger partial charge in [0.2, 0.25) is 0 Å². The van der Waals surface area contributed by atoms with Crippen LogP contribution >= 0.6 is 11.8 Å². The molecule has 20 heavy (non-hydrogen) atoms. The van der Waals surface area contributed by atoms with E-state index in [-0.39, 0.29) is 0 Å². The van der Waals surface area contributed by atoms with Gasteiger partial charge in [-0.05, 0) is 24.1 Å². The number of oxazole rings is 1. The molecular weight excluding hydrogens is 270 g/mol. The van der Waals surface area contributed by atoms with E-state index in [9.17, 15) is 5.11 Å². The first-order valence-electron chi connectivity index (χ1n) is 6.54. The lowest BCUT2D eigenvalue weighted by Crippen LogP contribution is -1.98. The van der Waals surface area contributed by atoms with E-state index in [2.05, 4.69) is 4.98 Å². The fraction of sp³-hybridized carbons (Fsp3) is 0.188. The smallest absolute Gasteiger partial charge is 0.256 e. The van der Waals surface area contributed by atoms with Crippen molar-refractivity contribution in [3.63, 3.8) is 0 Å².